The maximum atomic E-state index is 11.9. The summed E-state index contributed by atoms with van der Waals surface area (Å²) in [6.07, 6.45) is -2.65. The van der Waals surface area contributed by atoms with Crippen molar-refractivity contribution in [2.45, 2.75) is 38.0 Å². The monoisotopic (exact) mass is 303 g/mol. The molecule has 3 nitrogen and oxygen atoms in total. The van der Waals surface area contributed by atoms with Crippen LogP contribution in [0.4, 0.5) is 13.2 Å². The fraction of sp³-hybridized carbons (Fsp3) is 0.600. The molecular formula is C15H20F3NO2. The summed E-state index contributed by atoms with van der Waals surface area (Å²) in [5.41, 5.74) is 1.06. The summed E-state index contributed by atoms with van der Waals surface area (Å²) in [5.74, 6) is 0.755. The van der Waals surface area contributed by atoms with Crippen LogP contribution in [0.5, 0.6) is 5.75 Å². The number of ether oxygens (including phenoxy) is 2. The number of alkyl halides is 3. The number of halogens is 3. The van der Waals surface area contributed by atoms with Gasteiger partial charge >= 0.3 is 6.18 Å². The van der Waals surface area contributed by atoms with Crippen LogP contribution in [0.25, 0.3) is 0 Å². The maximum Gasteiger partial charge on any atom is 0.391 e. The standard InChI is InChI=1S/C15H20F3NO2/c16-15(17,18)7-8-20-9-10-21-14-4-2-1-3-12(14)11-19-13-5-6-13/h1-4,13,19H,5-11H2. The highest BCUT2D eigenvalue weighted by Gasteiger charge is 2.26. The molecule has 0 heterocycles. The third-order valence-corrected chi connectivity index (χ3v) is 3.15. The van der Waals surface area contributed by atoms with Crippen molar-refractivity contribution in [2.75, 3.05) is 19.8 Å². The Labute approximate surface area is 122 Å². The van der Waals surface area contributed by atoms with Gasteiger partial charge in [0.05, 0.1) is 19.6 Å². The molecule has 21 heavy (non-hydrogen) atoms. The van der Waals surface area contributed by atoms with Crippen LogP contribution in [-0.4, -0.2) is 32.0 Å². The smallest absolute Gasteiger partial charge is 0.391 e. The minimum atomic E-state index is -4.16. The van der Waals surface area contributed by atoms with Crippen LogP contribution in [0.15, 0.2) is 24.3 Å². The molecule has 1 aromatic carbocycles. The second-order valence-electron chi connectivity index (χ2n) is 5.09. The highest BCUT2D eigenvalue weighted by atomic mass is 19.4. The first-order valence-corrected chi connectivity index (χ1v) is 7.13. The molecule has 0 aromatic heterocycles. The van der Waals surface area contributed by atoms with E-state index in [1.165, 1.54) is 12.8 Å². The van der Waals surface area contributed by atoms with Crippen LogP contribution in [0, 0.1) is 0 Å². The van der Waals surface area contributed by atoms with Gasteiger partial charge in [-0.15, -0.1) is 0 Å². The molecule has 0 atom stereocenters. The lowest BCUT2D eigenvalue weighted by Crippen LogP contribution is -2.17. The molecular weight excluding hydrogens is 283 g/mol. The fourth-order valence-corrected chi connectivity index (χ4v) is 1.83. The molecule has 1 aliphatic carbocycles. The summed E-state index contributed by atoms with van der Waals surface area (Å²) < 4.78 is 46.3. The Balaban J connectivity index is 1.65. The highest BCUT2D eigenvalue weighted by Crippen LogP contribution is 2.22. The van der Waals surface area contributed by atoms with Crippen molar-refractivity contribution >= 4 is 0 Å². The Morgan fingerprint density at radius 1 is 1.10 bits per heavy atom. The Hall–Kier alpha value is -1.27. The van der Waals surface area contributed by atoms with E-state index >= 15 is 0 Å². The van der Waals surface area contributed by atoms with Crippen molar-refractivity contribution in [3.63, 3.8) is 0 Å². The van der Waals surface area contributed by atoms with E-state index < -0.39 is 12.6 Å². The maximum absolute atomic E-state index is 11.9. The molecule has 1 aromatic rings. The van der Waals surface area contributed by atoms with Crippen LogP contribution in [-0.2, 0) is 11.3 Å². The second-order valence-corrected chi connectivity index (χ2v) is 5.09. The zero-order valence-corrected chi connectivity index (χ0v) is 11.8. The van der Waals surface area contributed by atoms with E-state index in [9.17, 15) is 13.2 Å². The fourth-order valence-electron chi connectivity index (χ4n) is 1.83. The van der Waals surface area contributed by atoms with Crippen LogP contribution in [0.3, 0.4) is 0 Å². The van der Waals surface area contributed by atoms with Crippen molar-refractivity contribution < 1.29 is 22.6 Å². The first kappa shape index (κ1) is 16.1. The first-order valence-electron chi connectivity index (χ1n) is 7.13. The SMILES string of the molecule is FC(F)(F)CCOCCOc1ccccc1CNC1CC1. The summed E-state index contributed by atoms with van der Waals surface area (Å²) in [6.45, 7) is 0.826. The molecule has 6 heteroatoms. The van der Waals surface area contributed by atoms with Gasteiger partial charge in [-0.1, -0.05) is 18.2 Å². The first-order chi connectivity index (χ1) is 10.0. The molecule has 1 N–H and O–H groups in total. The molecule has 0 amide bonds. The van der Waals surface area contributed by atoms with Gasteiger partial charge in [-0.25, -0.2) is 0 Å². The predicted octanol–water partition coefficient (Wildman–Crippen LogP) is 3.29. The molecule has 1 fully saturated rings. The van der Waals surface area contributed by atoms with Gasteiger partial charge in [-0.2, -0.15) is 13.2 Å². The van der Waals surface area contributed by atoms with E-state index in [1.54, 1.807) is 0 Å². The zero-order valence-electron chi connectivity index (χ0n) is 11.8. The molecule has 2 rings (SSSR count). The van der Waals surface area contributed by atoms with E-state index in [4.69, 9.17) is 9.47 Å². The van der Waals surface area contributed by atoms with Crippen LogP contribution in [0.2, 0.25) is 0 Å². The molecule has 0 aliphatic heterocycles. The summed E-state index contributed by atoms with van der Waals surface area (Å²) >= 11 is 0. The van der Waals surface area contributed by atoms with E-state index in [2.05, 4.69) is 5.32 Å². The second kappa shape index (κ2) is 7.66. The average molecular weight is 303 g/mol. The Morgan fingerprint density at radius 2 is 1.86 bits per heavy atom. The normalized spacial score (nSPS) is 15.2. The van der Waals surface area contributed by atoms with Gasteiger partial charge in [-0.3, -0.25) is 0 Å². The average Bonchev–Trinajstić information content (AvgIpc) is 3.24. The zero-order chi connectivity index (χ0) is 15.1. The minimum Gasteiger partial charge on any atom is -0.491 e. The van der Waals surface area contributed by atoms with Gasteiger partial charge in [0.2, 0.25) is 0 Å². The van der Waals surface area contributed by atoms with Gasteiger partial charge in [0.1, 0.15) is 12.4 Å². The largest absolute Gasteiger partial charge is 0.491 e. The lowest BCUT2D eigenvalue weighted by Gasteiger charge is -2.12. The van der Waals surface area contributed by atoms with Crippen molar-refractivity contribution in [1.29, 1.82) is 0 Å². The van der Waals surface area contributed by atoms with Crippen molar-refractivity contribution in [3.05, 3.63) is 29.8 Å². The lowest BCUT2D eigenvalue weighted by molar-refractivity contribution is -0.145. The van der Waals surface area contributed by atoms with E-state index in [0.29, 0.717) is 6.04 Å². The molecule has 0 bridgehead atoms. The van der Waals surface area contributed by atoms with Crippen molar-refractivity contribution in [2.24, 2.45) is 0 Å². The molecule has 0 unspecified atom stereocenters. The molecule has 0 spiro atoms. The molecule has 0 radical (unpaired) electrons. The van der Waals surface area contributed by atoms with E-state index in [-0.39, 0.29) is 19.8 Å². The number of hydrogen-bond donors (Lipinski definition) is 1. The third kappa shape index (κ3) is 6.82. The Kier molecular flexibility index (Phi) is 5.87. The van der Waals surface area contributed by atoms with Crippen LogP contribution >= 0.6 is 0 Å². The number of rotatable bonds is 9. The van der Waals surface area contributed by atoms with Crippen molar-refractivity contribution in [3.8, 4) is 5.75 Å². The summed E-state index contributed by atoms with van der Waals surface area (Å²) in [4.78, 5) is 0. The van der Waals surface area contributed by atoms with Gasteiger partial charge in [-0.05, 0) is 18.9 Å². The molecule has 1 aliphatic rings. The predicted molar refractivity (Wildman–Crippen MR) is 73.3 cm³/mol. The Morgan fingerprint density at radius 3 is 2.57 bits per heavy atom. The molecule has 118 valence electrons. The van der Waals surface area contributed by atoms with Gasteiger partial charge < -0.3 is 14.8 Å². The third-order valence-electron chi connectivity index (χ3n) is 3.15. The molecule has 1 saturated carbocycles. The quantitative estimate of drug-likeness (QED) is 0.710. The number of para-hydroxylation sites is 1. The van der Waals surface area contributed by atoms with E-state index in [0.717, 1.165) is 17.9 Å². The highest BCUT2D eigenvalue weighted by molar-refractivity contribution is 5.33. The Bertz CT molecular complexity index is 433. The number of benzene rings is 1. The molecule has 0 saturated heterocycles. The van der Waals surface area contributed by atoms with Crippen LogP contribution < -0.4 is 10.1 Å². The van der Waals surface area contributed by atoms with Crippen molar-refractivity contribution in [1.82, 2.24) is 5.32 Å². The summed E-state index contributed by atoms with van der Waals surface area (Å²) in [7, 11) is 0. The minimum absolute atomic E-state index is 0.153. The van der Waals surface area contributed by atoms with Gasteiger partial charge in [0.25, 0.3) is 0 Å². The number of hydrogen-bond acceptors (Lipinski definition) is 3. The van der Waals surface area contributed by atoms with Crippen LogP contribution in [0.1, 0.15) is 24.8 Å². The number of nitrogens with one attached hydrogen (secondary N) is 1. The van der Waals surface area contributed by atoms with Gasteiger partial charge in [0, 0.05) is 18.2 Å². The lowest BCUT2D eigenvalue weighted by atomic mass is 10.2. The topological polar surface area (TPSA) is 30.5 Å². The van der Waals surface area contributed by atoms with Gasteiger partial charge in [0.15, 0.2) is 0 Å². The summed E-state index contributed by atoms with van der Waals surface area (Å²) in [5, 5.41) is 3.40. The summed E-state index contributed by atoms with van der Waals surface area (Å²) in [6, 6.07) is 8.27. The van der Waals surface area contributed by atoms with E-state index in [1.807, 2.05) is 24.3 Å².